The summed E-state index contributed by atoms with van der Waals surface area (Å²) in [4.78, 5) is 7.71. The lowest BCUT2D eigenvalue weighted by Gasteiger charge is -2.11. The third kappa shape index (κ3) is 2.36. The van der Waals surface area contributed by atoms with Crippen molar-refractivity contribution >= 4 is 29.2 Å². The topological polar surface area (TPSA) is 16.1 Å². The van der Waals surface area contributed by atoms with Gasteiger partial charge in [0.1, 0.15) is 5.01 Å². The molecule has 0 radical (unpaired) electrons. The summed E-state index contributed by atoms with van der Waals surface area (Å²) in [5, 5.41) is 1.00. The summed E-state index contributed by atoms with van der Waals surface area (Å²) in [5.41, 5.74) is 3.21. The lowest BCUT2D eigenvalue weighted by molar-refractivity contribution is 1.13. The molecular weight excluding hydrogens is 240 g/mol. The number of benzene rings is 1. The zero-order valence-corrected chi connectivity index (χ0v) is 11.5. The zero-order valence-electron chi connectivity index (χ0n) is 10.7. The van der Waals surface area contributed by atoms with Crippen LogP contribution in [-0.2, 0) is 0 Å². The monoisotopic (exact) mass is 256 g/mol. The van der Waals surface area contributed by atoms with Crippen molar-refractivity contribution in [2.24, 2.45) is 0 Å². The van der Waals surface area contributed by atoms with Crippen molar-refractivity contribution in [1.82, 2.24) is 4.98 Å². The highest BCUT2D eigenvalue weighted by Crippen LogP contribution is 2.30. The summed E-state index contributed by atoms with van der Waals surface area (Å²) < 4.78 is 0. The first-order valence-corrected chi connectivity index (χ1v) is 6.51. The molecule has 0 atom stereocenters. The van der Waals surface area contributed by atoms with Gasteiger partial charge in [0.05, 0.1) is 10.6 Å². The van der Waals surface area contributed by atoms with Gasteiger partial charge < -0.3 is 4.90 Å². The number of rotatable bonds is 4. The SMILES string of the molecule is C=Cc1nc(-c2ccc(N(C)C)cc2)sc1C=C. The first-order chi connectivity index (χ1) is 8.65. The Morgan fingerprint density at radius 1 is 1.11 bits per heavy atom. The van der Waals surface area contributed by atoms with Crippen molar-refractivity contribution in [3.05, 3.63) is 48.0 Å². The maximum absolute atomic E-state index is 4.56. The number of thiazole rings is 1. The highest BCUT2D eigenvalue weighted by molar-refractivity contribution is 7.16. The van der Waals surface area contributed by atoms with Crippen LogP contribution in [0.4, 0.5) is 5.69 Å². The van der Waals surface area contributed by atoms with Crippen LogP contribution in [-0.4, -0.2) is 19.1 Å². The van der Waals surface area contributed by atoms with Gasteiger partial charge in [-0.2, -0.15) is 0 Å². The molecule has 92 valence electrons. The minimum absolute atomic E-state index is 0.904. The van der Waals surface area contributed by atoms with Crippen LogP contribution in [0.15, 0.2) is 37.4 Å². The highest BCUT2D eigenvalue weighted by Gasteiger charge is 2.08. The summed E-state index contributed by atoms with van der Waals surface area (Å²) in [6, 6.07) is 8.37. The summed E-state index contributed by atoms with van der Waals surface area (Å²) in [6.07, 6.45) is 3.59. The van der Waals surface area contributed by atoms with Gasteiger partial charge >= 0.3 is 0 Å². The lowest BCUT2D eigenvalue weighted by atomic mass is 10.2. The standard InChI is InChI=1S/C15H16N2S/c1-5-13-14(6-2)18-15(16-13)11-7-9-12(10-8-11)17(3)4/h5-10H,1-2H2,3-4H3. The van der Waals surface area contributed by atoms with E-state index in [1.807, 2.05) is 20.2 Å². The number of hydrogen-bond donors (Lipinski definition) is 0. The van der Waals surface area contributed by atoms with E-state index >= 15 is 0 Å². The molecule has 2 nitrogen and oxygen atoms in total. The second kappa shape index (κ2) is 5.19. The number of nitrogens with zero attached hydrogens (tertiary/aromatic N) is 2. The van der Waals surface area contributed by atoms with Gasteiger partial charge in [0, 0.05) is 25.3 Å². The van der Waals surface area contributed by atoms with Crippen LogP contribution < -0.4 is 4.90 Å². The van der Waals surface area contributed by atoms with Gasteiger partial charge in [-0.3, -0.25) is 0 Å². The van der Waals surface area contributed by atoms with Crippen LogP contribution >= 0.6 is 11.3 Å². The van der Waals surface area contributed by atoms with E-state index < -0.39 is 0 Å². The van der Waals surface area contributed by atoms with Crippen molar-refractivity contribution in [2.45, 2.75) is 0 Å². The highest BCUT2D eigenvalue weighted by atomic mass is 32.1. The summed E-state index contributed by atoms with van der Waals surface area (Å²) >= 11 is 1.64. The first-order valence-electron chi connectivity index (χ1n) is 5.69. The number of anilines is 1. The predicted molar refractivity (Wildman–Crippen MR) is 82.1 cm³/mol. The third-order valence-electron chi connectivity index (χ3n) is 2.69. The molecular formula is C15H16N2S. The molecule has 0 N–H and O–H groups in total. The Hall–Kier alpha value is -1.87. The van der Waals surface area contributed by atoms with E-state index in [4.69, 9.17) is 0 Å². The van der Waals surface area contributed by atoms with Crippen LogP contribution in [0.1, 0.15) is 10.6 Å². The Labute approximate surface area is 112 Å². The second-order valence-electron chi connectivity index (χ2n) is 4.12. The Morgan fingerprint density at radius 3 is 2.22 bits per heavy atom. The molecule has 1 heterocycles. The largest absolute Gasteiger partial charge is 0.378 e. The van der Waals surface area contributed by atoms with Gasteiger partial charge in [-0.1, -0.05) is 13.2 Å². The van der Waals surface area contributed by atoms with Gasteiger partial charge in [-0.05, 0) is 36.4 Å². The molecule has 0 amide bonds. The smallest absolute Gasteiger partial charge is 0.124 e. The van der Waals surface area contributed by atoms with Crippen LogP contribution in [0.5, 0.6) is 0 Å². The molecule has 0 aliphatic carbocycles. The average Bonchev–Trinajstić information content (AvgIpc) is 2.82. The van der Waals surface area contributed by atoms with E-state index in [0.717, 1.165) is 21.1 Å². The van der Waals surface area contributed by atoms with Crippen molar-refractivity contribution < 1.29 is 0 Å². The third-order valence-corrected chi connectivity index (χ3v) is 3.81. The summed E-state index contributed by atoms with van der Waals surface area (Å²) in [7, 11) is 4.06. The van der Waals surface area contributed by atoms with Gasteiger partial charge in [-0.15, -0.1) is 11.3 Å². The van der Waals surface area contributed by atoms with Gasteiger partial charge in [-0.25, -0.2) is 4.98 Å². The van der Waals surface area contributed by atoms with E-state index in [1.54, 1.807) is 17.4 Å². The number of aromatic nitrogens is 1. The van der Waals surface area contributed by atoms with Crippen molar-refractivity contribution in [3.63, 3.8) is 0 Å². The molecule has 0 bridgehead atoms. The van der Waals surface area contributed by atoms with E-state index in [0.29, 0.717) is 0 Å². The maximum Gasteiger partial charge on any atom is 0.124 e. The van der Waals surface area contributed by atoms with Gasteiger partial charge in [0.2, 0.25) is 0 Å². The Balaban J connectivity index is 2.39. The molecule has 18 heavy (non-hydrogen) atoms. The molecule has 3 heteroatoms. The van der Waals surface area contributed by atoms with Gasteiger partial charge in [0.15, 0.2) is 0 Å². The molecule has 1 aromatic carbocycles. The molecule has 0 unspecified atom stereocenters. The fraction of sp³-hybridized carbons (Fsp3) is 0.133. The fourth-order valence-corrected chi connectivity index (χ4v) is 2.58. The minimum atomic E-state index is 0.904. The molecule has 0 aliphatic rings. The average molecular weight is 256 g/mol. The van der Waals surface area contributed by atoms with Crippen molar-refractivity contribution in [2.75, 3.05) is 19.0 Å². The van der Waals surface area contributed by atoms with Crippen LogP contribution in [0.3, 0.4) is 0 Å². The normalized spacial score (nSPS) is 10.1. The molecule has 2 aromatic rings. The molecule has 1 aromatic heterocycles. The van der Waals surface area contributed by atoms with E-state index in [1.165, 1.54) is 5.69 Å². The molecule has 2 rings (SSSR count). The summed E-state index contributed by atoms with van der Waals surface area (Å²) in [6.45, 7) is 7.57. The number of hydrogen-bond acceptors (Lipinski definition) is 3. The maximum atomic E-state index is 4.56. The van der Waals surface area contributed by atoms with E-state index in [9.17, 15) is 0 Å². The van der Waals surface area contributed by atoms with Crippen molar-refractivity contribution in [1.29, 1.82) is 0 Å². The molecule has 0 aliphatic heterocycles. The molecule has 0 saturated carbocycles. The lowest BCUT2D eigenvalue weighted by Crippen LogP contribution is -2.07. The molecule has 0 saturated heterocycles. The molecule has 0 fully saturated rings. The van der Waals surface area contributed by atoms with Crippen LogP contribution in [0.25, 0.3) is 22.7 Å². The first kappa shape index (κ1) is 12.6. The van der Waals surface area contributed by atoms with E-state index in [-0.39, 0.29) is 0 Å². The second-order valence-corrected chi connectivity index (χ2v) is 5.15. The minimum Gasteiger partial charge on any atom is -0.378 e. The van der Waals surface area contributed by atoms with Crippen LogP contribution in [0.2, 0.25) is 0 Å². The van der Waals surface area contributed by atoms with Gasteiger partial charge in [0.25, 0.3) is 0 Å². The predicted octanol–water partition coefficient (Wildman–Crippen LogP) is 4.16. The zero-order chi connectivity index (χ0) is 13.1. The quantitative estimate of drug-likeness (QED) is 0.816. The van der Waals surface area contributed by atoms with E-state index in [2.05, 4.69) is 47.3 Å². The van der Waals surface area contributed by atoms with Crippen LogP contribution in [0, 0.1) is 0 Å². The van der Waals surface area contributed by atoms with Crippen molar-refractivity contribution in [3.8, 4) is 10.6 Å². The summed E-state index contributed by atoms with van der Waals surface area (Å²) in [5.74, 6) is 0. The Bertz CT molecular complexity index is 539. The molecule has 0 spiro atoms. The Kier molecular flexibility index (Phi) is 3.63. The Morgan fingerprint density at radius 2 is 1.78 bits per heavy atom. The fourth-order valence-electron chi connectivity index (χ4n) is 1.66.